The van der Waals surface area contributed by atoms with Gasteiger partial charge in [-0.25, -0.2) is 27.6 Å². The van der Waals surface area contributed by atoms with E-state index in [1.165, 1.54) is 11.0 Å². The number of ether oxygens (including phenoxy) is 1. The predicted octanol–water partition coefficient (Wildman–Crippen LogP) is 3.02. The van der Waals surface area contributed by atoms with Crippen LogP contribution < -0.4 is 16.8 Å². The Kier molecular flexibility index (Phi) is 6.15. The van der Waals surface area contributed by atoms with Crippen LogP contribution in [0.5, 0.6) is 0 Å². The molecule has 8 nitrogen and oxygen atoms in total. The molecule has 3 rings (SSSR count). The topological polar surface area (TPSA) is 128 Å². The fourth-order valence-corrected chi connectivity index (χ4v) is 4.11. The Morgan fingerprint density at radius 1 is 1.17 bits per heavy atom. The molecular formula is C18H17F3N4O4S. The van der Waals surface area contributed by atoms with Crippen LogP contribution >= 0.6 is 11.3 Å². The van der Waals surface area contributed by atoms with E-state index in [0.29, 0.717) is 19.4 Å². The van der Waals surface area contributed by atoms with Gasteiger partial charge in [0, 0.05) is 17.0 Å². The summed E-state index contributed by atoms with van der Waals surface area (Å²) in [5.74, 6) is -5.32. The van der Waals surface area contributed by atoms with Crippen LogP contribution in [0.3, 0.4) is 0 Å². The number of amides is 4. The fraction of sp³-hybridized carbons (Fsp3) is 0.278. The second kappa shape index (κ2) is 8.61. The quantitative estimate of drug-likeness (QED) is 0.497. The van der Waals surface area contributed by atoms with Crippen molar-refractivity contribution in [3.63, 3.8) is 0 Å². The second-order valence-electron chi connectivity index (χ2n) is 6.52. The van der Waals surface area contributed by atoms with E-state index in [9.17, 15) is 27.6 Å². The lowest BCUT2D eigenvalue weighted by Crippen LogP contribution is -2.46. The minimum Gasteiger partial charge on any atom is -0.457 e. The highest BCUT2D eigenvalue weighted by Crippen LogP contribution is 2.38. The second-order valence-corrected chi connectivity index (χ2v) is 7.57. The van der Waals surface area contributed by atoms with E-state index in [-0.39, 0.29) is 27.5 Å². The summed E-state index contributed by atoms with van der Waals surface area (Å²) in [7, 11) is 0. The molecule has 1 unspecified atom stereocenters. The summed E-state index contributed by atoms with van der Waals surface area (Å²) in [6, 6.07) is 1.31. The molecule has 30 heavy (non-hydrogen) atoms. The summed E-state index contributed by atoms with van der Waals surface area (Å²) in [5, 5.41) is 2.19. The van der Waals surface area contributed by atoms with E-state index in [2.05, 4.69) is 5.32 Å². The minimum atomic E-state index is -1.66. The highest BCUT2D eigenvalue weighted by atomic mass is 32.1. The molecule has 1 aliphatic rings. The standard InChI is InChI=1S/C18H17F3N4O4S/c19-11-4-3-9(13(20)14(11)21)12-6-10(15(30-12)24-17(22)27)16(26)29-8-2-1-5-25(7-8)18(23)28/h3-4,6,8H,1-2,5,7H2,(H2,23,28)(H3,22,24,27). The summed E-state index contributed by atoms with van der Waals surface area (Å²) in [5.41, 5.74) is 9.92. The van der Waals surface area contributed by atoms with Gasteiger partial charge in [0.25, 0.3) is 0 Å². The number of urea groups is 2. The lowest BCUT2D eigenvalue weighted by molar-refractivity contribution is 0.0129. The number of anilines is 1. The number of nitrogens with zero attached hydrogens (tertiary/aromatic N) is 1. The van der Waals surface area contributed by atoms with Gasteiger partial charge < -0.3 is 21.1 Å². The van der Waals surface area contributed by atoms with Crippen LogP contribution in [0, 0.1) is 17.5 Å². The van der Waals surface area contributed by atoms with Crippen LogP contribution in [-0.2, 0) is 4.74 Å². The summed E-state index contributed by atoms with van der Waals surface area (Å²) >= 11 is 0.739. The van der Waals surface area contributed by atoms with Crippen LogP contribution in [0.25, 0.3) is 10.4 Å². The Balaban J connectivity index is 1.90. The van der Waals surface area contributed by atoms with E-state index in [1.54, 1.807) is 0 Å². The predicted molar refractivity (Wildman–Crippen MR) is 102 cm³/mol. The van der Waals surface area contributed by atoms with Crippen LogP contribution in [-0.4, -0.2) is 42.1 Å². The molecule has 1 saturated heterocycles. The maximum atomic E-state index is 14.2. The minimum absolute atomic E-state index is 0.0458. The van der Waals surface area contributed by atoms with Gasteiger partial charge in [0.15, 0.2) is 17.5 Å². The third kappa shape index (κ3) is 4.48. The van der Waals surface area contributed by atoms with Gasteiger partial charge in [-0.1, -0.05) is 0 Å². The zero-order valence-electron chi connectivity index (χ0n) is 15.4. The van der Waals surface area contributed by atoms with Crippen molar-refractivity contribution >= 4 is 34.4 Å². The number of likely N-dealkylation sites (tertiary alicyclic amines) is 1. The molecule has 1 aliphatic heterocycles. The first-order valence-corrected chi connectivity index (χ1v) is 9.58. The summed E-state index contributed by atoms with van der Waals surface area (Å²) in [6.45, 7) is 0.546. The number of rotatable bonds is 4. The fourth-order valence-electron chi connectivity index (χ4n) is 3.05. The van der Waals surface area contributed by atoms with Crippen molar-refractivity contribution in [2.24, 2.45) is 11.5 Å². The van der Waals surface area contributed by atoms with Gasteiger partial charge in [-0.3, -0.25) is 5.32 Å². The van der Waals surface area contributed by atoms with E-state index in [0.717, 1.165) is 23.5 Å². The van der Waals surface area contributed by atoms with Gasteiger partial charge in [0.1, 0.15) is 11.1 Å². The zero-order valence-corrected chi connectivity index (χ0v) is 16.2. The molecule has 1 aromatic heterocycles. The molecule has 4 amide bonds. The molecule has 0 bridgehead atoms. The maximum absolute atomic E-state index is 14.2. The molecule has 5 N–H and O–H groups in total. The van der Waals surface area contributed by atoms with Crippen molar-refractivity contribution in [2.45, 2.75) is 18.9 Å². The SMILES string of the molecule is NC(=O)Nc1sc(-c2ccc(F)c(F)c2F)cc1C(=O)OC1CCCN(C(N)=O)C1. The number of esters is 1. The average Bonchev–Trinajstić information content (AvgIpc) is 3.09. The van der Waals surface area contributed by atoms with Crippen molar-refractivity contribution in [2.75, 3.05) is 18.4 Å². The lowest BCUT2D eigenvalue weighted by Gasteiger charge is -2.31. The monoisotopic (exact) mass is 442 g/mol. The number of carbonyl (C=O) groups is 3. The largest absolute Gasteiger partial charge is 0.457 e. The van der Waals surface area contributed by atoms with Gasteiger partial charge in [-0.2, -0.15) is 0 Å². The van der Waals surface area contributed by atoms with E-state index in [4.69, 9.17) is 16.2 Å². The number of piperidine rings is 1. The normalized spacial score (nSPS) is 16.2. The van der Waals surface area contributed by atoms with Crippen molar-refractivity contribution in [3.8, 4) is 10.4 Å². The van der Waals surface area contributed by atoms with Crippen LogP contribution in [0.1, 0.15) is 23.2 Å². The molecule has 1 aromatic carbocycles. The Morgan fingerprint density at radius 2 is 1.90 bits per heavy atom. The molecule has 2 aromatic rings. The van der Waals surface area contributed by atoms with Crippen molar-refractivity contribution in [1.29, 1.82) is 0 Å². The Hall–Kier alpha value is -3.28. The van der Waals surface area contributed by atoms with Gasteiger partial charge >= 0.3 is 18.0 Å². The van der Waals surface area contributed by atoms with Gasteiger partial charge in [0.2, 0.25) is 0 Å². The van der Waals surface area contributed by atoms with Crippen molar-refractivity contribution in [3.05, 3.63) is 41.2 Å². The third-order valence-corrected chi connectivity index (χ3v) is 5.54. The molecule has 12 heteroatoms. The molecule has 160 valence electrons. The van der Waals surface area contributed by atoms with E-state index in [1.807, 2.05) is 0 Å². The number of nitrogens with one attached hydrogen (secondary N) is 1. The summed E-state index contributed by atoms with van der Waals surface area (Å²) in [6.07, 6.45) is 0.425. The number of hydrogen-bond donors (Lipinski definition) is 3. The number of benzene rings is 1. The highest BCUT2D eigenvalue weighted by Gasteiger charge is 2.28. The maximum Gasteiger partial charge on any atom is 0.341 e. The van der Waals surface area contributed by atoms with E-state index >= 15 is 0 Å². The molecular weight excluding hydrogens is 425 g/mol. The van der Waals surface area contributed by atoms with Crippen LogP contribution in [0.2, 0.25) is 0 Å². The number of hydrogen-bond acceptors (Lipinski definition) is 5. The number of primary amides is 2. The molecule has 0 aliphatic carbocycles. The molecule has 0 saturated carbocycles. The highest BCUT2D eigenvalue weighted by molar-refractivity contribution is 7.20. The Bertz CT molecular complexity index is 1010. The average molecular weight is 442 g/mol. The molecule has 1 fully saturated rings. The first-order valence-electron chi connectivity index (χ1n) is 8.77. The number of nitrogens with two attached hydrogens (primary N) is 2. The molecule has 0 spiro atoms. The number of halogens is 3. The van der Waals surface area contributed by atoms with Gasteiger partial charge in [-0.05, 0) is 31.0 Å². The van der Waals surface area contributed by atoms with Gasteiger partial charge in [0.05, 0.1) is 12.1 Å². The van der Waals surface area contributed by atoms with Gasteiger partial charge in [-0.15, -0.1) is 11.3 Å². The zero-order chi connectivity index (χ0) is 22.0. The van der Waals surface area contributed by atoms with E-state index < -0.39 is 41.6 Å². The Labute approximate surface area is 172 Å². The summed E-state index contributed by atoms with van der Waals surface area (Å²) in [4.78, 5) is 36.7. The van der Waals surface area contributed by atoms with Crippen molar-refractivity contribution < 1.29 is 32.3 Å². The van der Waals surface area contributed by atoms with Crippen LogP contribution in [0.15, 0.2) is 18.2 Å². The number of carbonyl (C=O) groups excluding carboxylic acids is 3. The number of thiophene rings is 1. The Morgan fingerprint density at radius 3 is 2.57 bits per heavy atom. The molecule has 0 radical (unpaired) electrons. The van der Waals surface area contributed by atoms with Crippen molar-refractivity contribution in [1.82, 2.24) is 4.90 Å². The van der Waals surface area contributed by atoms with Crippen LogP contribution in [0.4, 0.5) is 27.8 Å². The molecule has 1 atom stereocenters. The lowest BCUT2D eigenvalue weighted by atomic mass is 10.1. The molecule has 2 heterocycles. The first kappa shape index (κ1) is 21.4. The third-order valence-electron chi connectivity index (χ3n) is 4.45. The first-order chi connectivity index (χ1) is 14.2. The summed E-state index contributed by atoms with van der Waals surface area (Å²) < 4.78 is 46.4. The smallest absolute Gasteiger partial charge is 0.341 e.